The summed E-state index contributed by atoms with van der Waals surface area (Å²) in [5.74, 6) is -3.39. The van der Waals surface area contributed by atoms with Crippen LogP contribution in [0.2, 0.25) is 0 Å². The number of methoxy groups -OCH3 is 2. The van der Waals surface area contributed by atoms with Gasteiger partial charge in [0.25, 0.3) is 0 Å². The summed E-state index contributed by atoms with van der Waals surface area (Å²) in [4.78, 5) is 48.0. The highest BCUT2D eigenvalue weighted by molar-refractivity contribution is 6.10. The molecule has 0 bridgehead atoms. The van der Waals surface area contributed by atoms with E-state index in [0.717, 1.165) is 26.4 Å². The van der Waals surface area contributed by atoms with Gasteiger partial charge in [0.1, 0.15) is 0 Å². The van der Waals surface area contributed by atoms with Crippen molar-refractivity contribution in [1.29, 1.82) is 0 Å². The van der Waals surface area contributed by atoms with Gasteiger partial charge < -0.3 is 18.9 Å². The molecule has 1 aromatic rings. The zero-order valence-corrected chi connectivity index (χ0v) is 13.8. The van der Waals surface area contributed by atoms with Crippen molar-refractivity contribution in [3.05, 3.63) is 34.4 Å². The Morgan fingerprint density at radius 2 is 0.958 bits per heavy atom. The highest BCUT2D eigenvalue weighted by Crippen LogP contribution is 2.21. The second kappa shape index (κ2) is 8.66. The molecule has 0 radical (unpaired) electrons. The van der Waals surface area contributed by atoms with E-state index in [4.69, 9.17) is 9.47 Å². The summed E-state index contributed by atoms with van der Waals surface area (Å²) in [5, 5.41) is 0. The zero-order chi connectivity index (χ0) is 18.3. The normalized spacial score (nSPS) is 9.83. The molecule has 8 nitrogen and oxygen atoms in total. The first-order valence-corrected chi connectivity index (χ1v) is 7.10. The summed E-state index contributed by atoms with van der Waals surface area (Å²) in [7, 11) is 2.24. The van der Waals surface area contributed by atoms with E-state index in [0.29, 0.717) is 0 Å². The third-order valence-corrected chi connectivity index (χ3v) is 2.96. The Morgan fingerprint density at radius 3 is 1.21 bits per heavy atom. The molecule has 0 atom stereocenters. The maximum atomic E-state index is 12.1. The number of benzene rings is 1. The quantitative estimate of drug-likeness (QED) is 0.569. The Hall–Kier alpha value is -2.90. The van der Waals surface area contributed by atoms with Crippen LogP contribution in [-0.2, 0) is 18.9 Å². The molecule has 130 valence electrons. The first-order valence-electron chi connectivity index (χ1n) is 7.10. The molecule has 0 unspecified atom stereocenters. The number of hydrogen-bond donors (Lipinski definition) is 0. The molecule has 0 aliphatic carbocycles. The van der Waals surface area contributed by atoms with Crippen molar-refractivity contribution in [1.82, 2.24) is 0 Å². The van der Waals surface area contributed by atoms with E-state index >= 15 is 0 Å². The largest absolute Gasteiger partial charge is 0.465 e. The number of rotatable bonds is 6. The van der Waals surface area contributed by atoms with Crippen LogP contribution in [0, 0.1) is 0 Å². The van der Waals surface area contributed by atoms with Gasteiger partial charge in [-0.1, -0.05) is 0 Å². The summed E-state index contributed by atoms with van der Waals surface area (Å²) in [5.41, 5.74) is -0.854. The SMILES string of the molecule is CCOC(=O)c1cc(C(=O)OCC)c(C(=O)OC)cc1C(=O)OC. The van der Waals surface area contributed by atoms with Crippen molar-refractivity contribution in [2.75, 3.05) is 27.4 Å². The predicted octanol–water partition coefficient (Wildman–Crippen LogP) is 1.61. The van der Waals surface area contributed by atoms with E-state index in [1.54, 1.807) is 13.8 Å². The van der Waals surface area contributed by atoms with E-state index < -0.39 is 23.9 Å². The third kappa shape index (κ3) is 4.09. The van der Waals surface area contributed by atoms with E-state index in [-0.39, 0.29) is 35.5 Å². The molecule has 0 spiro atoms. The minimum Gasteiger partial charge on any atom is -0.465 e. The highest BCUT2D eigenvalue weighted by atomic mass is 16.5. The van der Waals surface area contributed by atoms with Crippen LogP contribution in [0.4, 0.5) is 0 Å². The average Bonchev–Trinajstić information content (AvgIpc) is 2.59. The molecular formula is C16H18O8. The van der Waals surface area contributed by atoms with Gasteiger partial charge in [0.05, 0.1) is 49.7 Å². The van der Waals surface area contributed by atoms with Crippen molar-refractivity contribution < 1.29 is 38.1 Å². The molecule has 0 N–H and O–H groups in total. The maximum absolute atomic E-state index is 12.1. The van der Waals surface area contributed by atoms with Crippen molar-refractivity contribution in [2.45, 2.75) is 13.8 Å². The molecule has 24 heavy (non-hydrogen) atoms. The Balaban J connectivity index is 3.65. The van der Waals surface area contributed by atoms with Gasteiger partial charge in [-0.25, -0.2) is 19.2 Å². The van der Waals surface area contributed by atoms with Crippen LogP contribution in [0.3, 0.4) is 0 Å². The number of ether oxygens (including phenoxy) is 4. The molecule has 0 saturated heterocycles. The van der Waals surface area contributed by atoms with Crippen molar-refractivity contribution in [2.24, 2.45) is 0 Å². The van der Waals surface area contributed by atoms with Crippen molar-refractivity contribution in [3.8, 4) is 0 Å². The fourth-order valence-corrected chi connectivity index (χ4v) is 1.91. The van der Waals surface area contributed by atoms with Gasteiger partial charge in [0.15, 0.2) is 0 Å². The van der Waals surface area contributed by atoms with Gasteiger partial charge in [0, 0.05) is 0 Å². The van der Waals surface area contributed by atoms with Gasteiger partial charge in [-0.3, -0.25) is 0 Å². The van der Waals surface area contributed by atoms with Crippen molar-refractivity contribution in [3.63, 3.8) is 0 Å². The summed E-state index contributed by atoms with van der Waals surface area (Å²) in [6.07, 6.45) is 0. The lowest BCUT2D eigenvalue weighted by molar-refractivity contribution is 0.0491. The molecular weight excluding hydrogens is 320 g/mol. The number of carbonyl (C=O) groups excluding carboxylic acids is 4. The van der Waals surface area contributed by atoms with Crippen LogP contribution in [0.15, 0.2) is 12.1 Å². The molecule has 0 aliphatic rings. The minimum atomic E-state index is -0.862. The van der Waals surface area contributed by atoms with Gasteiger partial charge in [-0.2, -0.15) is 0 Å². The van der Waals surface area contributed by atoms with Crippen LogP contribution in [-0.4, -0.2) is 51.3 Å². The lowest BCUT2D eigenvalue weighted by atomic mass is 9.98. The first kappa shape index (κ1) is 19.1. The van der Waals surface area contributed by atoms with Gasteiger partial charge >= 0.3 is 23.9 Å². The number of esters is 4. The first-order chi connectivity index (χ1) is 11.4. The van der Waals surface area contributed by atoms with Gasteiger partial charge in [-0.05, 0) is 26.0 Å². The van der Waals surface area contributed by atoms with Crippen molar-refractivity contribution >= 4 is 23.9 Å². The lowest BCUT2D eigenvalue weighted by Gasteiger charge is -2.13. The molecule has 1 aromatic carbocycles. The molecule has 0 aromatic heterocycles. The lowest BCUT2D eigenvalue weighted by Crippen LogP contribution is -2.19. The molecule has 0 heterocycles. The molecule has 1 rings (SSSR count). The average molecular weight is 338 g/mol. The van der Waals surface area contributed by atoms with E-state index in [2.05, 4.69) is 9.47 Å². The molecule has 0 fully saturated rings. The van der Waals surface area contributed by atoms with Crippen LogP contribution in [0.1, 0.15) is 55.3 Å². The summed E-state index contributed by atoms with van der Waals surface area (Å²) in [6, 6.07) is 2.12. The standard InChI is InChI=1S/C16H18O8/c1-5-23-15(19)11-8-12(16(20)24-6-2)10(14(18)22-4)7-9(11)13(17)21-3/h7-8H,5-6H2,1-4H3. The maximum Gasteiger partial charge on any atom is 0.339 e. The fraction of sp³-hybridized carbons (Fsp3) is 0.375. The minimum absolute atomic E-state index is 0.0624. The van der Waals surface area contributed by atoms with E-state index in [9.17, 15) is 19.2 Å². The molecule has 0 aliphatic heterocycles. The zero-order valence-electron chi connectivity index (χ0n) is 13.8. The van der Waals surface area contributed by atoms with E-state index in [1.807, 2.05) is 0 Å². The fourth-order valence-electron chi connectivity index (χ4n) is 1.91. The van der Waals surface area contributed by atoms with Crippen LogP contribution in [0.5, 0.6) is 0 Å². The number of carbonyl (C=O) groups is 4. The molecule has 0 saturated carbocycles. The van der Waals surface area contributed by atoms with Crippen LogP contribution >= 0.6 is 0 Å². The highest BCUT2D eigenvalue weighted by Gasteiger charge is 2.27. The monoisotopic (exact) mass is 338 g/mol. The Kier molecular flexibility index (Phi) is 6.91. The van der Waals surface area contributed by atoms with Crippen LogP contribution < -0.4 is 0 Å². The summed E-state index contributed by atoms with van der Waals surface area (Å²) < 4.78 is 19.0. The topological polar surface area (TPSA) is 105 Å². The summed E-state index contributed by atoms with van der Waals surface area (Å²) in [6.45, 7) is 3.30. The Morgan fingerprint density at radius 1 is 0.667 bits per heavy atom. The molecule has 0 amide bonds. The van der Waals surface area contributed by atoms with Gasteiger partial charge in [-0.15, -0.1) is 0 Å². The smallest absolute Gasteiger partial charge is 0.339 e. The Bertz CT molecular complexity index is 609. The van der Waals surface area contributed by atoms with Gasteiger partial charge in [0.2, 0.25) is 0 Å². The number of hydrogen-bond acceptors (Lipinski definition) is 8. The second-order valence-corrected chi connectivity index (χ2v) is 4.37. The van der Waals surface area contributed by atoms with E-state index in [1.165, 1.54) is 0 Å². The predicted molar refractivity (Wildman–Crippen MR) is 81.0 cm³/mol. The van der Waals surface area contributed by atoms with Crippen LogP contribution in [0.25, 0.3) is 0 Å². The molecule has 8 heteroatoms. The second-order valence-electron chi connectivity index (χ2n) is 4.37. The summed E-state index contributed by atoms with van der Waals surface area (Å²) >= 11 is 0. The Labute approximate surface area is 138 Å². The third-order valence-electron chi connectivity index (χ3n) is 2.96.